The van der Waals surface area contributed by atoms with E-state index in [-0.39, 0.29) is 11.9 Å². The first-order valence-corrected chi connectivity index (χ1v) is 3.92. The Morgan fingerprint density at radius 3 is 2.92 bits per heavy atom. The Balaban J connectivity index is 2.78. The van der Waals surface area contributed by atoms with Crippen LogP contribution in [-0.2, 0) is 9.53 Å². The Morgan fingerprint density at radius 1 is 1.75 bits per heavy atom. The standard InChI is InChI=1S/C10H12O2/c1-3-5-8(4-2)9-6-7-12-10(9)11/h3-6,8H,2,7H2,1H3/b5-3+/t8-/m1/s1. The summed E-state index contributed by atoms with van der Waals surface area (Å²) in [5.41, 5.74) is 0.697. The molecule has 0 aromatic heterocycles. The lowest BCUT2D eigenvalue weighted by molar-refractivity contribution is -0.136. The Labute approximate surface area is 72.2 Å². The molecule has 0 radical (unpaired) electrons. The van der Waals surface area contributed by atoms with E-state index in [2.05, 4.69) is 6.58 Å². The molecule has 1 aliphatic heterocycles. The van der Waals surface area contributed by atoms with E-state index in [9.17, 15) is 4.79 Å². The van der Waals surface area contributed by atoms with Crippen molar-refractivity contribution in [3.05, 3.63) is 36.5 Å². The topological polar surface area (TPSA) is 26.3 Å². The van der Waals surface area contributed by atoms with Crippen LogP contribution in [0.1, 0.15) is 6.92 Å². The van der Waals surface area contributed by atoms with Crippen LogP contribution in [0.25, 0.3) is 0 Å². The van der Waals surface area contributed by atoms with Crippen LogP contribution in [-0.4, -0.2) is 12.6 Å². The van der Waals surface area contributed by atoms with Gasteiger partial charge in [-0.25, -0.2) is 4.79 Å². The fourth-order valence-corrected chi connectivity index (χ4v) is 1.16. The summed E-state index contributed by atoms with van der Waals surface area (Å²) in [4.78, 5) is 11.1. The zero-order valence-corrected chi connectivity index (χ0v) is 7.12. The number of hydrogen-bond donors (Lipinski definition) is 0. The largest absolute Gasteiger partial charge is 0.458 e. The maximum atomic E-state index is 11.1. The second-order valence-corrected chi connectivity index (χ2v) is 2.55. The number of rotatable bonds is 3. The molecule has 1 atom stereocenters. The third kappa shape index (κ3) is 1.64. The summed E-state index contributed by atoms with van der Waals surface area (Å²) in [5, 5.41) is 0. The van der Waals surface area contributed by atoms with Gasteiger partial charge in [0.25, 0.3) is 0 Å². The lowest BCUT2D eigenvalue weighted by atomic mass is 9.99. The van der Waals surface area contributed by atoms with Gasteiger partial charge in [-0.3, -0.25) is 0 Å². The molecule has 0 bridgehead atoms. The van der Waals surface area contributed by atoms with Gasteiger partial charge in [0.15, 0.2) is 0 Å². The predicted octanol–water partition coefficient (Wildman–Crippen LogP) is 1.85. The van der Waals surface area contributed by atoms with Crippen molar-refractivity contribution in [1.29, 1.82) is 0 Å². The summed E-state index contributed by atoms with van der Waals surface area (Å²) >= 11 is 0. The van der Waals surface area contributed by atoms with Gasteiger partial charge in [-0.1, -0.05) is 18.2 Å². The Bertz CT molecular complexity index is 249. The van der Waals surface area contributed by atoms with Crippen molar-refractivity contribution in [3.8, 4) is 0 Å². The number of esters is 1. The van der Waals surface area contributed by atoms with Crippen LogP contribution in [0, 0.1) is 5.92 Å². The van der Waals surface area contributed by atoms with Crippen LogP contribution in [0.2, 0.25) is 0 Å². The molecule has 1 rings (SSSR count). The maximum absolute atomic E-state index is 11.1. The van der Waals surface area contributed by atoms with E-state index in [1.165, 1.54) is 0 Å². The quantitative estimate of drug-likeness (QED) is 0.470. The molecule has 0 N–H and O–H groups in total. The molecule has 0 amide bonds. The number of allylic oxidation sites excluding steroid dienone is 3. The Hall–Kier alpha value is -1.31. The smallest absolute Gasteiger partial charge is 0.335 e. The Kier molecular flexibility index (Phi) is 2.86. The van der Waals surface area contributed by atoms with Crippen molar-refractivity contribution < 1.29 is 9.53 Å². The van der Waals surface area contributed by atoms with E-state index in [1.807, 2.05) is 19.1 Å². The van der Waals surface area contributed by atoms with Gasteiger partial charge in [0.05, 0.1) is 0 Å². The monoisotopic (exact) mass is 164 g/mol. The van der Waals surface area contributed by atoms with Gasteiger partial charge < -0.3 is 4.74 Å². The number of ether oxygens (including phenoxy) is 1. The number of cyclic esters (lactones) is 1. The molecule has 2 heteroatoms. The first-order chi connectivity index (χ1) is 5.79. The van der Waals surface area contributed by atoms with E-state index >= 15 is 0 Å². The fourth-order valence-electron chi connectivity index (χ4n) is 1.16. The molecular weight excluding hydrogens is 152 g/mol. The lowest BCUT2D eigenvalue weighted by Crippen LogP contribution is -2.06. The predicted molar refractivity (Wildman–Crippen MR) is 47.5 cm³/mol. The summed E-state index contributed by atoms with van der Waals surface area (Å²) in [5.74, 6) is -0.219. The molecule has 0 aromatic carbocycles. The van der Waals surface area contributed by atoms with Gasteiger partial charge in [0.2, 0.25) is 0 Å². The van der Waals surface area contributed by atoms with Gasteiger partial charge in [0.1, 0.15) is 6.61 Å². The van der Waals surface area contributed by atoms with Crippen LogP contribution in [0.15, 0.2) is 36.5 Å². The van der Waals surface area contributed by atoms with Crippen molar-refractivity contribution in [2.75, 3.05) is 6.61 Å². The molecule has 0 fully saturated rings. The number of hydrogen-bond acceptors (Lipinski definition) is 2. The third-order valence-electron chi connectivity index (χ3n) is 1.77. The van der Waals surface area contributed by atoms with Gasteiger partial charge in [-0.15, -0.1) is 6.58 Å². The second-order valence-electron chi connectivity index (χ2n) is 2.55. The molecule has 2 nitrogen and oxygen atoms in total. The van der Waals surface area contributed by atoms with Crippen LogP contribution >= 0.6 is 0 Å². The number of carbonyl (C=O) groups is 1. The summed E-state index contributed by atoms with van der Waals surface area (Å²) < 4.78 is 4.78. The first kappa shape index (κ1) is 8.78. The van der Waals surface area contributed by atoms with E-state index in [0.717, 1.165) is 0 Å². The van der Waals surface area contributed by atoms with Gasteiger partial charge in [-0.05, 0) is 13.0 Å². The molecule has 0 saturated heterocycles. The molecule has 0 aliphatic carbocycles. The van der Waals surface area contributed by atoms with Gasteiger partial charge in [-0.2, -0.15) is 0 Å². The van der Waals surface area contributed by atoms with E-state index in [4.69, 9.17) is 4.74 Å². The van der Waals surface area contributed by atoms with Crippen molar-refractivity contribution >= 4 is 5.97 Å². The fraction of sp³-hybridized carbons (Fsp3) is 0.300. The average molecular weight is 164 g/mol. The summed E-state index contributed by atoms with van der Waals surface area (Å²) in [7, 11) is 0. The Morgan fingerprint density at radius 2 is 2.50 bits per heavy atom. The van der Waals surface area contributed by atoms with E-state index in [0.29, 0.717) is 12.2 Å². The minimum atomic E-state index is -0.224. The summed E-state index contributed by atoms with van der Waals surface area (Å²) in [6.07, 6.45) is 7.36. The van der Waals surface area contributed by atoms with Crippen LogP contribution in [0.5, 0.6) is 0 Å². The number of carbonyl (C=O) groups excluding carboxylic acids is 1. The van der Waals surface area contributed by atoms with E-state index in [1.54, 1.807) is 12.2 Å². The normalized spacial score (nSPS) is 19.1. The SMILES string of the molecule is C=C[C@H](/C=C/C)C1=CCOC1=O. The summed E-state index contributed by atoms with van der Waals surface area (Å²) in [6.45, 7) is 5.97. The molecule has 0 spiro atoms. The van der Waals surface area contributed by atoms with Crippen molar-refractivity contribution in [2.45, 2.75) is 6.92 Å². The van der Waals surface area contributed by atoms with Gasteiger partial charge >= 0.3 is 5.97 Å². The molecule has 12 heavy (non-hydrogen) atoms. The maximum Gasteiger partial charge on any atom is 0.335 e. The molecular formula is C10H12O2. The van der Waals surface area contributed by atoms with Crippen LogP contribution < -0.4 is 0 Å². The minimum Gasteiger partial charge on any atom is -0.458 e. The minimum absolute atomic E-state index is 0.00463. The zero-order valence-electron chi connectivity index (χ0n) is 7.12. The lowest BCUT2D eigenvalue weighted by Gasteiger charge is -2.04. The van der Waals surface area contributed by atoms with E-state index < -0.39 is 0 Å². The van der Waals surface area contributed by atoms with Crippen LogP contribution in [0.4, 0.5) is 0 Å². The molecule has 0 unspecified atom stereocenters. The van der Waals surface area contributed by atoms with Crippen LogP contribution in [0.3, 0.4) is 0 Å². The first-order valence-electron chi connectivity index (χ1n) is 3.92. The zero-order chi connectivity index (χ0) is 8.97. The summed E-state index contributed by atoms with van der Waals surface area (Å²) in [6, 6.07) is 0. The molecule has 0 saturated carbocycles. The van der Waals surface area contributed by atoms with Crippen molar-refractivity contribution in [2.24, 2.45) is 5.92 Å². The molecule has 0 aromatic rings. The highest BCUT2D eigenvalue weighted by Gasteiger charge is 2.21. The second kappa shape index (κ2) is 3.90. The highest BCUT2D eigenvalue weighted by Crippen LogP contribution is 2.19. The highest BCUT2D eigenvalue weighted by molar-refractivity contribution is 5.91. The molecule has 64 valence electrons. The van der Waals surface area contributed by atoms with Crippen molar-refractivity contribution in [1.82, 2.24) is 0 Å². The third-order valence-corrected chi connectivity index (χ3v) is 1.77. The molecule has 1 heterocycles. The van der Waals surface area contributed by atoms with Crippen molar-refractivity contribution in [3.63, 3.8) is 0 Å². The average Bonchev–Trinajstić information content (AvgIpc) is 2.47. The van der Waals surface area contributed by atoms with Gasteiger partial charge in [0, 0.05) is 11.5 Å². The highest BCUT2D eigenvalue weighted by atomic mass is 16.5. The molecule has 1 aliphatic rings.